The summed E-state index contributed by atoms with van der Waals surface area (Å²) in [4.78, 5) is 0. The van der Waals surface area contributed by atoms with E-state index in [-0.39, 0.29) is 12.1 Å². The Bertz CT molecular complexity index is 161. The Balaban J connectivity index is 2.23. The first-order valence-electron chi connectivity index (χ1n) is 5.68. The predicted octanol–water partition coefficient (Wildman–Crippen LogP) is 1.16. The van der Waals surface area contributed by atoms with Crippen LogP contribution in [0.25, 0.3) is 0 Å². The van der Waals surface area contributed by atoms with Crippen LogP contribution in [-0.2, 0) is 4.74 Å². The molecule has 1 saturated heterocycles. The van der Waals surface area contributed by atoms with E-state index in [2.05, 4.69) is 12.2 Å². The van der Waals surface area contributed by atoms with Crippen molar-refractivity contribution in [1.82, 2.24) is 5.32 Å². The third-order valence-electron chi connectivity index (χ3n) is 3.17. The fourth-order valence-electron chi connectivity index (χ4n) is 1.89. The first kappa shape index (κ1) is 12.0. The van der Waals surface area contributed by atoms with E-state index in [4.69, 9.17) is 4.74 Å². The van der Waals surface area contributed by atoms with Gasteiger partial charge in [0.25, 0.3) is 0 Å². The fourth-order valence-corrected chi connectivity index (χ4v) is 1.89. The zero-order chi connectivity index (χ0) is 10.6. The molecule has 84 valence electrons. The van der Waals surface area contributed by atoms with Crippen LogP contribution in [0.5, 0.6) is 0 Å². The van der Waals surface area contributed by atoms with Gasteiger partial charge in [-0.1, -0.05) is 6.92 Å². The van der Waals surface area contributed by atoms with E-state index in [0.29, 0.717) is 12.0 Å². The molecule has 0 radical (unpaired) electrons. The van der Waals surface area contributed by atoms with Crippen molar-refractivity contribution in [1.29, 1.82) is 0 Å². The van der Waals surface area contributed by atoms with Gasteiger partial charge in [0.2, 0.25) is 0 Å². The van der Waals surface area contributed by atoms with Gasteiger partial charge >= 0.3 is 0 Å². The third-order valence-corrected chi connectivity index (χ3v) is 3.17. The Morgan fingerprint density at radius 2 is 2.21 bits per heavy atom. The second-order valence-electron chi connectivity index (χ2n) is 4.30. The third kappa shape index (κ3) is 3.23. The number of aliphatic hydroxyl groups excluding tert-OH is 1. The van der Waals surface area contributed by atoms with Crippen molar-refractivity contribution in [2.24, 2.45) is 5.92 Å². The molecule has 0 amide bonds. The lowest BCUT2D eigenvalue weighted by Crippen LogP contribution is -2.39. The molecule has 14 heavy (non-hydrogen) atoms. The summed E-state index contributed by atoms with van der Waals surface area (Å²) in [5.41, 5.74) is 0. The van der Waals surface area contributed by atoms with Gasteiger partial charge in [-0.05, 0) is 32.6 Å². The maximum Gasteiger partial charge on any atom is 0.0662 e. The van der Waals surface area contributed by atoms with Crippen molar-refractivity contribution < 1.29 is 9.84 Å². The largest absolute Gasteiger partial charge is 0.392 e. The van der Waals surface area contributed by atoms with Crippen molar-refractivity contribution in [2.75, 3.05) is 13.2 Å². The molecule has 0 aliphatic carbocycles. The summed E-state index contributed by atoms with van der Waals surface area (Å²) in [5, 5.41) is 12.7. The molecule has 0 aromatic carbocycles. The van der Waals surface area contributed by atoms with Crippen LogP contribution in [0.15, 0.2) is 0 Å². The zero-order valence-electron chi connectivity index (χ0n) is 9.49. The van der Waals surface area contributed by atoms with E-state index < -0.39 is 0 Å². The zero-order valence-corrected chi connectivity index (χ0v) is 9.49. The molecule has 2 N–H and O–H groups in total. The van der Waals surface area contributed by atoms with E-state index in [1.54, 1.807) is 0 Å². The van der Waals surface area contributed by atoms with Crippen molar-refractivity contribution in [3.8, 4) is 0 Å². The predicted molar refractivity (Wildman–Crippen MR) is 57.3 cm³/mol. The molecule has 4 atom stereocenters. The minimum Gasteiger partial charge on any atom is -0.392 e. The molecule has 3 heteroatoms. The number of rotatable bonds is 5. The summed E-state index contributed by atoms with van der Waals surface area (Å²) in [5.74, 6) is 0.626. The molecule has 0 saturated carbocycles. The normalized spacial score (nSPS) is 31.7. The van der Waals surface area contributed by atoms with Gasteiger partial charge in [0.1, 0.15) is 0 Å². The van der Waals surface area contributed by atoms with Crippen LogP contribution in [0.3, 0.4) is 0 Å². The maximum absolute atomic E-state index is 9.32. The Hall–Kier alpha value is -0.120. The first-order chi connectivity index (χ1) is 6.65. The fraction of sp³-hybridized carbons (Fsp3) is 1.00. The van der Waals surface area contributed by atoms with Gasteiger partial charge in [-0.15, -0.1) is 0 Å². The van der Waals surface area contributed by atoms with Gasteiger partial charge in [-0.3, -0.25) is 0 Å². The SMILES string of the molecule is CCC1OCCC1CNC(C)C(C)O. The highest BCUT2D eigenvalue weighted by molar-refractivity contribution is 4.79. The Kier molecular flexibility index (Phi) is 4.85. The number of hydrogen-bond acceptors (Lipinski definition) is 3. The molecule has 1 rings (SSSR count). The topological polar surface area (TPSA) is 41.5 Å². The molecule has 1 aliphatic heterocycles. The molecule has 0 aromatic rings. The summed E-state index contributed by atoms with van der Waals surface area (Å²) in [7, 11) is 0. The van der Waals surface area contributed by atoms with E-state index in [1.807, 2.05) is 13.8 Å². The van der Waals surface area contributed by atoms with Crippen molar-refractivity contribution in [3.63, 3.8) is 0 Å². The lowest BCUT2D eigenvalue weighted by Gasteiger charge is -2.22. The average Bonchev–Trinajstić information content (AvgIpc) is 2.60. The minimum atomic E-state index is -0.280. The van der Waals surface area contributed by atoms with Crippen LogP contribution >= 0.6 is 0 Å². The number of hydrogen-bond donors (Lipinski definition) is 2. The summed E-state index contributed by atoms with van der Waals surface area (Å²) >= 11 is 0. The highest BCUT2D eigenvalue weighted by atomic mass is 16.5. The molecule has 1 heterocycles. The molecule has 3 nitrogen and oxygen atoms in total. The number of nitrogens with one attached hydrogen (secondary N) is 1. The van der Waals surface area contributed by atoms with E-state index in [1.165, 1.54) is 0 Å². The van der Waals surface area contributed by atoms with Crippen LogP contribution < -0.4 is 5.32 Å². The number of aliphatic hydroxyl groups is 1. The summed E-state index contributed by atoms with van der Waals surface area (Å²) < 4.78 is 5.60. The molecule has 0 bridgehead atoms. The average molecular weight is 201 g/mol. The summed E-state index contributed by atoms with van der Waals surface area (Å²) in [6.07, 6.45) is 2.38. The van der Waals surface area contributed by atoms with Crippen molar-refractivity contribution in [2.45, 2.75) is 51.9 Å². The lowest BCUT2D eigenvalue weighted by molar-refractivity contribution is 0.0837. The first-order valence-corrected chi connectivity index (χ1v) is 5.68. The van der Waals surface area contributed by atoms with Gasteiger partial charge in [0, 0.05) is 19.2 Å². The molecule has 4 unspecified atom stereocenters. The van der Waals surface area contributed by atoms with E-state index >= 15 is 0 Å². The van der Waals surface area contributed by atoms with Gasteiger partial charge in [0.05, 0.1) is 12.2 Å². The van der Waals surface area contributed by atoms with Gasteiger partial charge < -0.3 is 15.2 Å². The highest BCUT2D eigenvalue weighted by Gasteiger charge is 2.26. The molecule has 0 spiro atoms. The van der Waals surface area contributed by atoms with Crippen LogP contribution in [0, 0.1) is 5.92 Å². The minimum absolute atomic E-state index is 0.174. The van der Waals surface area contributed by atoms with Crippen molar-refractivity contribution >= 4 is 0 Å². The summed E-state index contributed by atoms with van der Waals surface area (Å²) in [6, 6.07) is 0.174. The Morgan fingerprint density at radius 1 is 1.50 bits per heavy atom. The van der Waals surface area contributed by atoms with E-state index in [9.17, 15) is 5.11 Å². The molecular weight excluding hydrogens is 178 g/mol. The quantitative estimate of drug-likeness (QED) is 0.701. The highest BCUT2D eigenvalue weighted by Crippen LogP contribution is 2.22. The smallest absolute Gasteiger partial charge is 0.0662 e. The molecule has 1 fully saturated rings. The second-order valence-corrected chi connectivity index (χ2v) is 4.30. The summed E-state index contributed by atoms with van der Waals surface area (Å²) in [6.45, 7) is 7.86. The van der Waals surface area contributed by atoms with Crippen LogP contribution in [0.2, 0.25) is 0 Å². The maximum atomic E-state index is 9.32. The van der Waals surface area contributed by atoms with Crippen molar-refractivity contribution in [3.05, 3.63) is 0 Å². The van der Waals surface area contributed by atoms with Crippen LogP contribution in [-0.4, -0.2) is 36.5 Å². The van der Waals surface area contributed by atoms with Gasteiger partial charge in [-0.25, -0.2) is 0 Å². The Labute approximate surface area is 86.8 Å². The molecule has 0 aromatic heterocycles. The van der Waals surface area contributed by atoms with Crippen LogP contribution in [0.4, 0.5) is 0 Å². The van der Waals surface area contributed by atoms with E-state index in [0.717, 1.165) is 26.0 Å². The monoisotopic (exact) mass is 201 g/mol. The standard InChI is InChI=1S/C11H23NO2/c1-4-11-10(5-6-14-11)7-12-8(2)9(3)13/h8-13H,4-7H2,1-3H3. The number of ether oxygens (including phenoxy) is 1. The lowest BCUT2D eigenvalue weighted by atomic mass is 9.99. The van der Waals surface area contributed by atoms with Gasteiger partial charge in [-0.2, -0.15) is 0 Å². The second kappa shape index (κ2) is 5.69. The van der Waals surface area contributed by atoms with Gasteiger partial charge in [0.15, 0.2) is 0 Å². The molecule has 1 aliphatic rings. The molecular formula is C11H23NO2. The Morgan fingerprint density at radius 3 is 2.79 bits per heavy atom. The van der Waals surface area contributed by atoms with Crippen LogP contribution in [0.1, 0.15) is 33.6 Å².